The van der Waals surface area contributed by atoms with Gasteiger partial charge in [-0.3, -0.25) is 14.4 Å². The molecule has 0 fully saturated rings. The fourth-order valence-corrected chi connectivity index (χ4v) is 2.08. The lowest BCUT2D eigenvalue weighted by molar-refractivity contribution is -0.143. The molecule has 3 unspecified atom stereocenters. The van der Waals surface area contributed by atoms with Crippen LogP contribution in [0.3, 0.4) is 0 Å². The molecule has 0 aliphatic heterocycles. The summed E-state index contributed by atoms with van der Waals surface area (Å²) in [7, 11) is 0. The van der Waals surface area contributed by atoms with Crippen LogP contribution in [0.25, 0.3) is 0 Å². The maximum Gasteiger partial charge on any atom is 0.327 e. The van der Waals surface area contributed by atoms with Gasteiger partial charge in [-0.1, -0.05) is 30.3 Å². The Kier molecular flexibility index (Phi) is 6.21. The summed E-state index contributed by atoms with van der Waals surface area (Å²) in [6.07, 6.45) is -0.458. The molecule has 0 saturated carbocycles. The van der Waals surface area contributed by atoms with Crippen molar-refractivity contribution in [1.29, 1.82) is 0 Å². The molecule has 0 saturated heterocycles. The van der Waals surface area contributed by atoms with Crippen LogP contribution in [0.4, 0.5) is 0 Å². The quantitative estimate of drug-likeness (QED) is 0.443. The number of carboxylic acid groups (broad SMARTS) is 2. The van der Waals surface area contributed by atoms with Crippen molar-refractivity contribution in [3.05, 3.63) is 35.9 Å². The first-order chi connectivity index (χ1) is 10.4. The molecular weight excluding hydrogens is 292 g/mol. The van der Waals surface area contributed by atoms with Gasteiger partial charge in [-0.15, -0.1) is 0 Å². The van der Waals surface area contributed by atoms with Gasteiger partial charge in [-0.25, -0.2) is 4.79 Å². The van der Waals surface area contributed by atoms with E-state index in [1.54, 1.807) is 18.2 Å². The number of hydrogen-bond donors (Lipinski definition) is 4. The molecule has 118 valence electrons. The number of amides is 1. The molecule has 0 spiro atoms. The average molecular weight is 308 g/mol. The highest BCUT2D eigenvalue weighted by Gasteiger charge is 2.37. The van der Waals surface area contributed by atoms with E-state index in [1.165, 1.54) is 12.1 Å². The molecule has 0 bridgehead atoms. The number of hydrogen-bond acceptors (Lipinski definition) is 5. The van der Waals surface area contributed by atoms with Gasteiger partial charge in [0.1, 0.15) is 6.04 Å². The van der Waals surface area contributed by atoms with E-state index in [0.29, 0.717) is 5.56 Å². The van der Waals surface area contributed by atoms with Gasteiger partial charge < -0.3 is 21.3 Å². The summed E-state index contributed by atoms with van der Waals surface area (Å²) in [6, 6.07) is 4.98. The van der Waals surface area contributed by atoms with Gasteiger partial charge in [0.05, 0.1) is 18.4 Å². The van der Waals surface area contributed by atoms with Gasteiger partial charge in [0, 0.05) is 0 Å². The number of aliphatic carboxylic acids is 2. The molecule has 1 aromatic carbocycles. The van der Waals surface area contributed by atoms with Crippen LogP contribution < -0.4 is 11.1 Å². The van der Waals surface area contributed by atoms with Crippen LogP contribution in [-0.2, 0) is 19.2 Å². The van der Waals surface area contributed by atoms with Crippen LogP contribution in [0, 0.1) is 0 Å². The second-order valence-electron chi connectivity index (χ2n) is 4.60. The Morgan fingerprint density at radius 2 is 1.77 bits per heavy atom. The Hall–Kier alpha value is -2.74. The molecule has 0 aliphatic rings. The number of carbonyl (C=O) groups is 4. The topological polar surface area (TPSA) is 147 Å². The van der Waals surface area contributed by atoms with Gasteiger partial charge >= 0.3 is 11.9 Å². The molecule has 3 atom stereocenters. The van der Waals surface area contributed by atoms with Crippen LogP contribution in [0.5, 0.6) is 0 Å². The third-order valence-corrected chi connectivity index (χ3v) is 3.07. The summed E-state index contributed by atoms with van der Waals surface area (Å²) < 4.78 is 0. The Labute approximate surface area is 125 Å². The number of carbonyl (C=O) groups excluding carboxylic acids is 2. The van der Waals surface area contributed by atoms with Crippen LogP contribution in [0.1, 0.15) is 17.9 Å². The van der Waals surface area contributed by atoms with Crippen molar-refractivity contribution in [2.75, 3.05) is 0 Å². The lowest BCUT2D eigenvalue weighted by Crippen LogP contribution is -2.48. The SMILES string of the molecule is NC(CC(=O)O)C(=O)C(c1ccccc1)C(NC=O)C(=O)O. The standard InChI is InChI=1S/C14H16N2O6/c15-9(6-10(18)19)13(20)11(8-4-2-1-3-5-8)12(14(21)22)16-7-17/h1-5,7,9,11-12H,6,15H2,(H,16,17)(H,18,19)(H,21,22). The zero-order valence-electron chi connectivity index (χ0n) is 11.5. The molecule has 22 heavy (non-hydrogen) atoms. The van der Waals surface area contributed by atoms with Crippen molar-refractivity contribution in [1.82, 2.24) is 5.32 Å². The zero-order chi connectivity index (χ0) is 16.7. The van der Waals surface area contributed by atoms with Crippen LogP contribution in [0.15, 0.2) is 30.3 Å². The summed E-state index contributed by atoms with van der Waals surface area (Å²) in [5.74, 6) is -4.74. The highest BCUT2D eigenvalue weighted by molar-refractivity contribution is 5.97. The molecule has 8 nitrogen and oxygen atoms in total. The minimum absolute atomic E-state index is 0.171. The molecule has 0 radical (unpaired) electrons. The van der Waals surface area contributed by atoms with Crippen molar-refractivity contribution in [2.24, 2.45) is 5.73 Å². The number of Topliss-reactive ketones (excluding diaryl/α,β-unsaturated/α-hetero) is 1. The first-order valence-electron chi connectivity index (χ1n) is 6.37. The van der Waals surface area contributed by atoms with E-state index in [1.807, 2.05) is 0 Å². The number of ketones is 1. The highest BCUT2D eigenvalue weighted by atomic mass is 16.4. The van der Waals surface area contributed by atoms with Crippen LogP contribution in [0.2, 0.25) is 0 Å². The van der Waals surface area contributed by atoms with E-state index >= 15 is 0 Å². The van der Waals surface area contributed by atoms with Crippen LogP contribution in [-0.4, -0.2) is 46.4 Å². The van der Waals surface area contributed by atoms with E-state index in [4.69, 9.17) is 10.8 Å². The highest BCUT2D eigenvalue weighted by Crippen LogP contribution is 2.23. The Morgan fingerprint density at radius 3 is 2.23 bits per heavy atom. The summed E-state index contributed by atoms with van der Waals surface area (Å²) >= 11 is 0. The fraction of sp³-hybridized carbons (Fsp3) is 0.286. The molecule has 1 amide bonds. The van der Waals surface area contributed by atoms with Crippen molar-refractivity contribution in [2.45, 2.75) is 24.4 Å². The summed E-state index contributed by atoms with van der Waals surface area (Å²) in [5, 5.41) is 20.0. The van der Waals surface area contributed by atoms with Gasteiger partial charge in [0.15, 0.2) is 5.78 Å². The third kappa shape index (κ3) is 4.38. The zero-order valence-corrected chi connectivity index (χ0v) is 11.5. The molecule has 0 heterocycles. The van der Waals surface area contributed by atoms with Crippen molar-refractivity contribution < 1.29 is 29.4 Å². The molecule has 5 N–H and O–H groups in total. The molecule has 8 heteroatoms. The lowest BCUT2D eigenvalue weighted by atomic mass is 9.84. The van der Waals surface area contributed by atoms with E-state index in [0.717, 1.165) is 0 Å². The van der Waals surface area contributed by atoms with Gasteiger partial charge in [-0.05, 0) is 5.56 Å². The van der Waals surface area contributed by atoms with E-state index in [2.05, 4.69) is 5.32 Å². The second-order valence-corrected chi connectivity index (χ2v) is 4.60. The Bertz CT molecular complexity index is 560. The average Bonchev–Trinajstić information content (AvgIpc) is 2.46. The number of benzene rings is 1. The Morgan fingerprint density at radius 1 is 1.18 bits per heavy atom. The molecule has 0 aromatic heterocycles. The fourth-order valence-electron chi connectivity index (χ4n) is 2.08. The van der Waals surface area contributed by atoms with Crippen LogP contribution >= 0.6 is 0 Å². The van der Waals surface area contributed by atoms with Crippen molar-refractivity contribution in [3.63, 3.8) is 0 Å². The first-order valence-corrected chi connectivity index (χ1v) is 6.37. The van der Waals surface area contributed by atoms with Crippen molar-refractivity contribution in [3.8, 4) is 0 Å². The number of rotatable bonds is 9. The Balaban J connectivity index is 3.21. The summed E-state index contributed by atoms with van der Waals surface area (Å²) in [6.45, 7) is 0. The molecule has 1 aromatic rings. The maximum absolute atomic E-state index is 12.4. The molecule has 0 aliphatic carbocycles. The smallest absolute Gasteiger partial charge is 0.327 e. The maximum atomic E-state index is 12.4. The number of nitrogens with one attached hydrogen (secondary N) is 1. The van der Waals surface area contributed by atoms with Gasteiger partial charge in [-0.2, -0.15) is 0 Å². The third-order valence-electron chi connectivity index (χ3n) is 3.07. The van der Waals surface area contributed by atoms with E-state index in [-0.39, 0.29) is 6.41 Å². The number of carboxylic acids is 2. The van der Waals surface area contributed by atoms with Crippen molar-refractivity contribution >= 4 is 24.1 Å². The second kappa shape index (κ2) is 7.89. The summed E-state index contributed by atoms with van der Waals surface area (Å²) in [5.41, 5.74) is 5.88. The minimum Gasteiger partial charge on any atom is -0.481 e. The predicted octanol–water partition coefficient (Wildman–Crippen LogP) is -0.660. The minimum atomic E-state index is -1.53. The van der Waals surface area contributed by atoms with Gasteiger partial charge in [0.2, 0.25) is 6.41 Å². The lowest BCUT2D eigenvalue weighted by Gasteiger charge is -2.25. The predicted molar refractivity (Wildman–Crippen MR) is 75.0 cm³/mol. The van der Waals surface area contributed by atoms with E-state index in [9.17, 15) is 24.3 Å². The van der Waals surface area contributed by atoms with E-state index < -0.39 is 42.1 Å². The summed E-state index contributed by atoms with van der Waals surface area (Å²) in [4.78, 5) is 45.0. The normalized spacial score (nSPS) is 14.4. The number of nitrogens with two attached hydrogens (primary N) is 1. The molecule has 1 rings (SSSR count). The monoisotopic (exact) mass is 308 g/mol. The first kappa shape index (κ1) is 17.3. The molecular formula is C14H16N2O6. The largest absolute Gasteiger partial charge is 0.481 e. The van der Waals surface area contributed by atoms with Gasteiger partial charge in [0.25, 0.3) is 0 Å².